The van der Waals surface area contributed by atoms with Crippen LogP contribution in [-0.2, 0) is 54.3 Å². The molecule has 3 atom stereocenters. The minimum absolute atomic E-state index is 0.0432. The average Bonchev–Trinajstić information content (AvgIpc) is 3.61. The smallest absolute Gasteiger partial charge is 0.326 e. The molecule has 0 aliphatic rings. The number of imidazole rings is 1. The van der Waals surface area contributed by atoms with Gasteiger partial charge in [0, 0.05) is 63.5 Å². The van der Waals surface area contributed by atoms with Gasteiger partial charge in [-0.15, -0.1) is 0 Å². The van der Waals surface area contributed by atoms with Crippen LogP contribution < -0.4 is 16.0 Å². The summed E-state index contributed by atoms with van der Waals surface area (Å²) >= 11 is 0. The Bertz CT molecular complexity index is 1270. The summed E-state index contributed by atoms with van der Waals surface area (Å²) in [4.78, 5) is 101. The number of aromatic nitrogens is 2. The van der Waals surface area contributed by atoms with Crippen molar-refractivity contribution in [3.8, 4) is 0 Å². The van der Waals surface area contributed by atoms with Crippen molar-refractivity contribution in [3.63, 3.8) is 0 Å². The maximum Gasteiger partial charge on any atom is 0.326 e. The van der Waals surface area contributed by atoms with Crippen LogP contribution >= 0.6 is 0 Å². The van der Waals surface area contributed by atoms with E-state index in [1.165, 1.54) is 6.33 Å². The Hall–Kier alpha value is -4.71. The second-order valence-corrected chi connectivity index (χ2v) is 11.9. The Labute approximate surface area is 295 Å². The Morgan fingerprint density at radius 1 is 0.725 bits per heavy atom. The standard InChI is InChI=1S/C33H51N5O13/c1-2-25(39)17-23(32(46)47)6-10-29(42)38-27(33(48)49)9-11-28(41)36-13-14-50-15-16-51-20-30(43)35-12-4-3-5-22(31(44)45)18-26(40)8-7-24-19-34-21-37-24/h19,21-23,27H,2-18,20H2,1H3,(H,34,37)(H,35,43)(H,36,41)(H,38,42)(H,44,45)(H,46,47)(H,48,49)/t22-,23?,27+/m1/s1. The number of carboxylic acids is 3. The van der Waals surface area contributed by atoms with E-state index < -0.39 is 47.6 Å². The molecule has 1 unspecified atom stereocenters. The quantitative estimate of drug-likeness (QED) is 0.0518. The largest absolute Gasteiger partial charge is 0.481 e. The van der Waals surface area contributed by atoms with Crippen molar-refractivity contribution in [1.82, 2.24) is 25.9 Å². The van der Waals surface area contributed by atoms with E-state index in [1.807, 2.05) is 0 Å². The first-order valence-corrected chi connectivity index (χ1v) is 17.0. The van der Waals surface area contributed by atoms with Crippen molar-refractivity contribution < 1.29 is 63.1 Å². The van der Waals surface area contributed by atoms with Crippen molar-refractivity contribution >= 4 is 47.2 Å². The number of hydrogen-bond acceptors (Lipinski definition) is 11. The minimum atomic E-state index is -1.36. The summed E-state index contributed by atoms with van der Waals surface area (Å²) in [5.41, 5.74) is 0.811. The average molecular weight is 726 g/mol. The molecule has 18 nitrogen and oxygen atoms in total. The van der Waals surface area contributed by atoms with Gasteiger partial charge in [-0.1, -0.05) is 13.3 Å². The number of H-pyrrole nitrogens is 1. The second-order valence-electron chi connectivity index (χ2n) is 11.9. The molecule has 0 spiro atoms. The SMILES string of the molecule is CCC(=O)CC(CCC(=O)N[C@@H](CCC(=O)NCCOCCOCC(=O)NCCCC[C@H](CC(=O)CCc1cnc[nH]1)C(=O)O)C(=O)O)C(=O)O. The van der Waals surface area contributed by atoms with E-state index in [9.17, 15) is 53.7 Å². The Morgan fingerprint density at radius 2 is 1.37 bits per heavy atom. The lowest BCUT2D eigenvalue weighted by molar-refractivity contribution is -0.145. The molecule has 0 aromatic carbocycles. The second kappa shape index (κ2) is 26.1. The van der Waals surface area contributed by atoms with Crippen LogP contribution in [0.2, 0.25) is 0 Å². The molecule has 1 aromatic heterocycles. The zero-order valence-corrected chi connectivity index (χ0v) is 29.0. The number of Topliss-reactive ketones (excluding diaryl/α,β-unsaturated/α-hetero) is 2. The highest BCUT2D eigenvalue weighted by molar-refractivity contribution is 5.86. The summed E-state index contributed by atoms with van der Waals surface area (Å²) in [5, 5.41) is 35.6. The summed E-state index contributed by atoms with van der Waals surface area (Å²) < 4.78 is 10.6. The van der Waals surface area contributed by atoms with Gasteiger partial charge in [0.15, 0.2) is 0 Å². The fourth-order valence-corrected chi connectivity index (χ4v) is 4.75. The number of unbranched alkanes of at least 4 members (excludes halogenated alkanes) is 1. The molecule has 286 valence electrons. The summed E-state index contributed by atoms with van der Waals surface area (Å²) in [6, 6.07) is -1.36. The van der Waals surface area contributed by atoms with Crippen LogP contribution in [0.1, 0.15) is 83.2 Å². The zero-order chi connectivity index (χ0) is 38.0. The first-order chi connectivity index (χ1) is 24.3. The van der Waals surface area contributed by atoms with Crippen LogP contribution in [0.25, 0.3) is 0 Å². The fraction of sp³-hybridized carbons (Fsp3) is 0.667. The number of ether oxygens (including phenoxy) is 2. The monoisotopic (exact) mass is 725 g/mol. The molecule has 0 fully saturated rings. The van der Waals surface area contributed by atoms with Crippen LogP contribution in [0.4, 0.5) is 0 Å². The van der Waals surface area contributed by atoms with Crippen molar-refractivity contribution in [2.24, 2.45) is 11.8 Å². The zero-order valence-electron chi connectivity index (χ0n) is 29.0. The molecule has 0 aliphatic carbocycles. The molecule has 1 rings (SSSR count). The highest BCUT2D eigenvalue weighted by Gasteiger charge is 2.25. The number of carboxylic acid groups (broad SMARTS) is 3. The fourth-order valence-electron chi connectivity index (χ4n) is 4.75. The normalized spacial score (nSPS) is 12.6. The number of nitrogens with one attached hydrogen (secondary N) is 4. The maximum absolute atomic E-state index is 12.2. The van der Waals surface area contributed by atoms with Gasteiger partial charge in [0.1, 0.15) is 24.2 Å². The van der Waals surface area contributed by atoms with Gasteiger partial charge in [0.25, 0.3) is 0 Å². The highest BCUT2D eigenvalue weighted by Crippen LogP contribution is 2.16. The van der Waals surface area contributed by atoms with Crippen LogP contribution in [0, 0.1) is 11.8 Å². The number of rotatable bonds is 31. The van der Waals surface area contributed by atoms with E-state index in [0.717, 1.165) is 5.69 Å². The lowest BCUT2D eigenvalue weighted by Gasteiger charge is -2.16. The molecule has 0 saturated heterocycles. The van der Waals surface area contributed by atoms with Crippen LogP contribution in [0.3, 0.4) is 0 Å². The summed E-state index contributed by atoms with van der Waals surface area (Å²) in [5.74, 6) is -7.31. The Balaban J connectivity index is 2.11. The number of aliphatic carboxylic acids is 3. The predicted molar refractivity (Wildman–Crippen MR) is 178 cm³/mol. The molecule has 7 N–H and O–H groups in total. The van der Waals surface area contributed by atoms with Gasteiger partial charge < -0.3 is 45.7 Å². The molecule has 0 radical (unpaired) electrons. The van der Waals surface area contributed by atoms with Gasteiger partial charge in [0.2, 0.25) is 17.7 Å². The molecule has 51 heavy (non-hydrogen) atoms. The Kier molecular flexibility index (Phi) is 22.7. The van der Waals surface area contributed by atoms with E-state index >= 15 is 0 Å². The number of amides is 3. The van der Waals surface area contributed by atoms with Crippen LogP contribution in [0.15, 0.2) is 12.5 Å². The topological polar surface area (TPSA) is 280 Å². The van der Waals surface area contributed by atoms with Gasteiger partial charge >= 0.3 is 17.9 Å². The first-order valence-electron chi connectivity index (χ1n) is 17.0. The van der Waals surface area contributed by atoms with Crippen molar-refractivity contribution in [2.45, 2.75) is 90.0 Å². The molecule has 18 heteroatoms. The number of hydrogen-bond donors (Lipinski definition) is 7. The number of aryl methyl sites for hydroxylation is 1. The number of carbonyl (C=O) groups excluding carboxylic acids is 5. The molecule has 3 amide bonds. The van der Waals surface area contributed by atoms with Gasteiger partial charge in [-0.3, -0.25) is 33.6 Å². The molecular formula is C33H51N5O13. The van der Waals surface area contributed by atoms with Crippen molar-refractivity contribution in [3.05, 3.63) is 18.2 Å². The molecule has 0 aliphatic heterocycles. The lowest BCUT2D eigenvalue weighted by Crippen LogP contribution is -2.42. The first kappa shape index (κ1) is 44.3. The molecular weight excluding hydrogens is 674 g/mol. The number of nitrogens with zero attached hydrogens (tertiary/aromatic N) is 1. The van der Waals surface area contributed by atoms with Gasteiger partial charge in [-0.2, -0.15) is 0 Å². The van der Waals surface area contributed by atoms with Crippen LogP contribution in [0.5, 0.6) is 0 Å². The number of carbonyl (C=O) groups is 8. The van der Waals surface area contributed by atoms with E-state index in [4.69, 9.17) is 9.47 Å². The minimum Gasteiger partial charge on any atom is -0.481 e. The number of aromatic amines is 1. The van der Waals surface area contributed by atoms with Crippen molar-refractivity contribution in [2.75, 3.05) is 39.5 Å². The van der Waals surface area contributed by atoms with E-state index in [0.29, 0.717) is 32.2 Å². The van der Waals surface area contributed by atoms with Gasteiger partial charge in [-0.25, -0.2) is 9.78 Å². The van der Waals surface area contributed by atoms with Gasteiger partial charge in [0.05, 0.1) is 38.0 Å². The predicted octanol–water partition coefficient (Wildman–Crippen LogP) is 0.638. The third-order valence-electron chi connectivity index (χ3n) is 7.76. The molecule has 0 saturated carbocycles. The number of ketones is 2. The third-order valence-corrected chi connectivity index (χ3v) is 7.76. The highest BCUT2D eigenvalue weighted by atomic mass is 16.5. The molecule has 1 aromatic rings. The van der Waals surface area contributed by atoms with Gasteiger partial charge in [-0.05, 0) is 32.1 Å². The molecule has 0 bridgehead atoms. The Morgan fingerprint density at radius 3 is 2.02 bits per heavy atom. The lowest BCUT2D eigenvalue weighted by atomic mass is 9.94. The molecule has 1 heterocycles. The van der Waals surface area contributed by atoms with E-state index in [-0.39, 0.29) is 102 Å². The van der Waals surface area contributed by atoms with E-state index in [2.05, 4.69) is 25.9 Å². The maximum atomic E-state index is 12.2. The summed E-state index contributed by atoms with van der Waals surface area (Å²) in [7, 11) is 0. The third kappa shape index (κ3) is 21.9. The van der Waals surface area contributed by atoms with Crippen LogP contribution in [-0.4, -0.2) is 118 Å². The van der Waals surface area contributed by atoms with E-state index in [1.54, 1.807) is 13.1 Å². The summed E-state index contributed by atoms with van der Waals surface area (Å²) in [6.45, 7) is 2.22. The van der Waals surface area contributed by atoms with Crippen molar-refractivity contribution in [1.29, 1.82) is 0 Å². The summed E-state index contributed by atoms with van der Waals surface area (Å²) in [6.07, 6.45) is 4.33.